The molecule has 7 nitrogen and oxygen atoms in total. The van der Waals surface area contributed by atoms with Gasteiger partial charge in [0.05, 0.1) is 11.0 Å². The molecule has 0 saturated carbocycles. The monoisotopic (exact) mass is 434 g/mol. The maximum Gasteiger partial charge on any atom is 0.586 e. The van der Waals surface area contributed by atoms with Gasteiger partial charge in [0.25, 0.3) is 0 Å². The summed E-state index contributed by atoms with van der Waals surface area (Å²) in [6.07, 6.45) is 6.39. The van der Waals surface area contributed by atoms with E-state index in [0.717, 1.165) is 0 Å². The smallest absolute Gasteiger partial charge is 0.395 e. The van der Waals surface area contributed by atoms with Crippen molar-refractivity contribution in [3.05, 3.63) is 49.2 Å². The van der Waals surface area contributed by atoms with Crippen LogP contribution in [-0.4, -0.2) is 40.7 Å². The Labute approximate surface area is 180 Å². The minimum atomic E-state index is -3.65. The van der Waals surface area contributed by atoms with Crippen LogP contribution in [0.1, 0.15) is 33.1 Å². The van der Waals surface area contributed by atoms with Gasteiger partial charge < -0.3 is 19.4 Å². The molecule has 1 fully saturated rings. The second-order valence-electron chi connectivity index (χ2n) is 6.76. The summed E-state index contributed by atoms with van der Waals surface area (Å²) in [5.41, 5.74) is 2.04. The molecule has 0 bridgehead atoms. The van der Waals surface area contributed by atoms with Gasteiger partial charge in [-0.15, -0.1) is 8.78 Å². The van der Waals surface area contributed by atoms with Crippen LogP contribution in [0.15, 0.2) is 49.2 Å². The quantitative estimate of drug-likeness (QED) is 0.499. The van der Waals surface area contributed by atoms with E-state index in [4.69, 9.17) is 0 Å². The number of likely N-dealkylation sites (tertiary alicyclic amines) is 1. The summed E-state index contributed by atoms with van der Waals surface area (Å²) in [4.78, 5) is 19.2. The number of nitrogens with one attached hydrogen (secondary N) is 2. The molecular weight excluding hydrogens is 406 g/mol. The van der Waals surface area contributed by atoms with Crippen molar-refractivity contribution in [3.63, 3.8) is 0 Å². The summed E-state index contributed by atoms with van der Waals surface area (Å²) in [6, 6.07) is 2.63. The molecule has 4 rings (SSSR count). The number of hydrogen-bond acceptors (Lipinski definition) is 5. The third kappa shape index (κ3) is 6.56. The number of amides is 1. The maximum atomic E-state index is 12.8. The number of carbonyl (C=O) groups is 1. The number of imidazole rings is 1. The molecule has 1 aromatic carbocycles. The average Bonchev–Trinajstić information content (AvgIpc) is 3.42. The molecule has 2 N–H and O–H groups in total. The van der Waals surface area contributed by atoms with E-state index in [9.17, 15) is 13.6 Å². The zero-order chi connectivity index (χ0) is 22.9. The molecule has 1 amide bonds. The lowest BCUT2D eigenvalue weighted by molar-refractivity contribution is -0.286. The molecule has 0 atom stereocenters. The zero-order valence-electron chi connectivity index (χ0n) is 17.8. The lowest BCUT2D eigenvalue weighted by Crippen LogP contribution is -2.25. The normalized spacial score (nSPS) is 16.0. The third-order valence-electron chi connectivity index (χ3n) is 4.17. The van der Waals surface area contributed by atoms with E-state index in [0.29, 0.717) is 17.4 Å². The first-order valence-electron chi connectivity index (χ1n) is 10.1. The highest BCUT2D eigenvalue weighted by atomic mass is 19.3. The van der Waals surface area contributed by atoms with Crippen LogP contribution in [0.2, 0.25) is 0 Å². The SMILES string of the molecule is C=C/C=C(\C=C)N1CCCC1.CCC.O=CNc1nc2cc3c(cc2[nH]1)OC(F)(F)O3. The average molecular weight is 434 g/mol. The third-order valence-corrected chi connectivity index (χ3v) is 4.17. The predicted molar refractivity (Wildman–Crippen MR) is 117 cm³/mol. The van der Waals surface area contributed by atoms with Crippen molar-refractivity contribution in [1.29, 1.82) is 0 Å². The summed E-state index contributed by atoms with van der Waals surface area (Å²) in [5.74, 6) is 0.0425. The van der Waals surface area contributed by atoms with Crippen LogP contribution in [0.4, 0.5) is 14.7 Å². The van der Waals surface area contributed by atoms with E-state index < -0.39 is 6.29 Å². The molecule has 0 unspecified atom stereocenters. The van der Waals surface area contributed by atoms with Gasteiger partial charge in [0, 0.05) is 30.9 Å². The molecule has 0 aliphatic carbocycles. The molecule has 0 spiro atoms. The number of H-pyrrole nitrogens is 1. The second-order valence-corrected chi connectivity index (χ2v) is 6.76. The highest BCUT2D eigenvalue weighted by molar-refractivity contribution is 5.83. The van der Waals surface area contributed by atoms with E-state index in [2.05, 4.69) is 56.7 Å². The minimum Gasteiger partial charge on any atom is -0.395 e. The van der Waals surface area contributed by atoms with E-state index in [1.807, 2.05) is 18.2 Å². The first kappa shape index (κ1) is 23.9. The fourth-order valence-corrected chi connectivity index (χ4v) is 2.98. The molecule has 9 heteroatoms. The van der Waals surface area contributed by atoms with Crippen LogP contribution < -0.4 is 14.8 Å². The van der Waals surface area contributed by atoms with Gasteiger partial charge >= 0.3 is 6.29 Å². The first-order valence-corrected chi connectivity index (χ1v) is 10.1. The summed E-state index contributed by atoms with van der Waals surface area (Å²) < 4.78 is 34.1. The van der Waals surface area contributed by atoms with Crippen molar-refractivity contribution < 1.29 is 23.0 Å². The van der Waals surface area contributed by atoms with E-state index in [1.54, 1.807) is 0 Å². The van der Waals surface area contributed by atoms with E-state index >= 15 is 0 Å². The fraction of sp³-hybridized carbons (Fsp3) is 0.364. The number of carbonyl (C=O) groups excluding carboxylic acids is 1. The minimum absolute atomic E-state index is 0.0798. The number of benzene rings is 1. The highest BCUT2D eigenvalue weighted by Gasteiger charge is 2.43. The predicted octanol–water partition coefficient (Wildman–Crippen LogP) is 5.21. The second kappa shape index (κ2) is 11.1. The Morgan fingerprint density at radius 2 is 1.87 bits per heavy atom. The Bertz CT molecular complexity index is 889. The number of hydrogen-bond donors (Lipinski definition) is 2. The van der Waals surface area contributed by atoms with Crippen molar-refractivity contribution in [1.82, 2.24) is 14.9 Å². The Kier molecular flexibility index (Phi) is 8.60. The van der Waals surface area contributed by atoms with Gasteiger partial charge in [-0.3, -0.25) is 10.1 Å². The Hall–Kier alpha value is -3.36. The molecule has 168 valence electrons. The number of nitrogens with zero attached hydrogens (tertiary/aromatic N) is 2. The molecule has 31 heavy (non-hydrogen) atoms. The number of allylic oxidation sites excluding steroid dienone is 3. The van der Waals surface area contributed by atoms with Crippen LogP contribution in [0.25, 0.3) is 11.0 Å². The molecule has 0 radical (unpaired) electrons. The number of rotatable bonds is 5. The molecule has 2 aliphatic rings. The summed E-state index contributed by atoms with van der Waals surface area (Å²) in [6.45, 7) is 14.0. The molecule has 1 saturated heterocycles. The van der Waals surface area contributed by atoms with Crippen molar-refractivity contribution >= 4 is 23.4 Å². The van der Waals surface area contributed by atoms with E-state index in [-0.39, 0.29) is 17.4 Å². The van der Waals surface area contributed by atoms with Gasteiger partial charge in [-0.25, -0.2) is 4.98 Å². The number of halogens is 2. The van der Waals surface area contributed by atoms with Gasteiger partial charge in [-0.05, 0) is 25.0 Å². The highest BCUT2D eigenvalue weighted by Crippen LogP contribution is 2.42. The molecular formula is C22H28F2N4O3. The van der Waals surface area contributed by atoms with Gasteiger partial charge in [0.2, 0.25) is 12.4 Å². The summed E-state index contributed by atoms with van der Waals surface area (Å²) in [5, 5.41) is 2.31. The summed E-state index contributed by atoms with van der Waals surface area (Å²) in [7, 11) is 0. The Morgan fingerprint density at radius 1 is 1.26 bits per heavy atom. The van der Waals surface area contributed by atoms with Crippen LogP contribution >= 0.6 is 0 Å². The van der Waals surface area contributed by atoms with Gasteiger partial charge in [-0.1, -0.05) is 39.5 Å². The topological polar surface area (TPSA) is 79.5 Å². The summed E-state index contributed by atoms with van der Waals surface area (Å²) >= 11 is 0. The number of aromatic nitrogens is 2. The van der Waals surface area contributed by atoms with Crippen molar-refractivity contribution in [2.45, 2.75) is 39.4 Å². The van der Waals surface area contributed by atoms with Crippen molar-refractivity contribution in [2.24, 2.45) is 0 Å². The standard InChI is InChI=1S/C10H15N.C9H5F2N3O3.C3H8/c1-3-7-10(4-2)11-8-5-6-9-11;10-9(11)16-6-1-4-5(2-7(6)17-9)14-8(13-4)12-3-15;1-3-2/h3-4,7H,1-2,5-6,8-9H2;1-3H,(H2,12,13,14,15);3H2,1-2H3/b10-7+;;. The van der Waals surface area contributed by atoms with Crippen LogP contribution in [-0.2, 0) is 4.79 Å². The molecule has 1 aromatic heterocycles. The molecule has 2 aliphatic heterocycles. The number of alkyl halides is 2. The van der Waals surface area contributed by atoms with Crippen molar-refractivity contribution in [3.8, 4) is 11.5 Å². The van der Waals surface area contributed by atoms with Gasteiger partial charge in [-0.2, -0.15) is 0 Å². The first-order chi connectivity index (χ1) is 14.9. The Balaban J connectivity index is 0.000000211. The lowest BCUT2D eigenvalue weighted by atomic mass is 10.3. The maximum absolute atomic E-state index is 12.8. The number of aromatic amines is 1. The number of fused-ring (bicyclic) bond motifs is 2. The zero-order valence-corrected chi connectivity index (χ0v) is 17.8. The van der Waals surface area contributed by atoms with Gasteiger partial charge in [0.1, 0.15) is 0 Å². The van der Waals surface area contributed by atoms with E-state index in [1.165, 1.54) is 50.2 Å². The Morgan fingerprint density at radius 3 is 2.42 bits per heavy atom. The lowest BCUT2D eigenvalue weighted by Gasteiger charge is -2.17. The van der Waals surface area contributed by atoms with Crippen LogP contribution in [0.5, 0.6) is 11.5 Å². The van der Waals surface area contributed by atoms with Crippen molar-refractivity contribution in [2.75, 3.05) is 18.4 Å². The number of ether oxygens (including phenoxy) is 2. The van der Waals surface area contributed by atoms with Crippen LogP contribution in [0, 0.1) is 0 Å². The largest absolute Gasteiger partial charge is 0.586 e. The molecule has 2 aromatic rings. The number of anilines is 1. The van der Waals surface area contributed by atoms with Gasteiger partial charge in [0.15, 0.2) is 11.5 Å². The van der Waals surface area contributed by atoms with Crippen LogP contribution in [0.3, 0.4) is 0 Å². The fourth-order valence-electron chi connectivity index (χ4n) is 2.98. The molecule has 3 heterocycles.